The van der Waals surface area contributed by atoms with Crippen LogP contribution in [-0.4, -0.2) is 29.6 Å². The average molecular weight is 295 g/mol. The molecule has 1 aliphatic carbocycles. The molecule has 0 unspecified atom stereocenters. The van der Waals surface area contributed by atoms with Crippen LogP contribution in [0.25, 0.3) is 0 Å². The second-order valence-corrected chi connectivity index (χ2v) is 5.91. The molecule has 1 heterocycles. The van der Waals surface area contributed by atoms with E-state index in [4.69, 9.17) is 0 Å². The quantitative estimate of drug-likeness (QED) is 0.793. The van der Waals surface area contributed by atoms with Gasteiger partial charge in [0.1, 0.15) is 0 Å². The minimum Gasteiger partial charge on any atom is -0.368 e. The highest BCUT2D eigenvalue weighted by molar-refractivity contribution is 6.26. The summed E-state index contributed by atoms with van der Waals surface area (Å²) in [6, 6.07) is 7.17. The van der Waals surface area contributed by atoms with Crippen molar-refractivity contribution in [3.05, 3.63) is 59.3 Å². The van der Waals surface area contributed by atoms with Gasteiger partial charge in [-0.05, 0) is 32.1 Å². The maximum absolute atomic E-state index is 13.0. The molecule has 3 rings (SSSR count). The van der Waals surface area contributed by atoms with Crippen LogP contribution in [0.2, 0.25) is 0 Å². The van der Waals surface area contributed by atoms with Gasteiger partial charge in [-0.2, -0.15) is 0 Å². The zero-order chi connectivity index (χ0) is 15.5. The zero-order valence-corrected chi connectivity index (χ0v) is 12.8. The van der Waals surface area contributed by atoms with Gasteiger partial charge in [-0.1, -0.05) is 30.3 Å². The van der Waals surface area contributed by atoms with Crippen LogP contribution >= 0.6 is 0 Å². The Labute approximate surface area is 131 Å². The number of piperidine rings is 1. The highest BCUT2D eigenvalue weighted by atomic mass is 16.1. The molecule has 0 radical (unpaired) electrons. The lowest BCUT2D eigenvalue weighted by atomic mass is 9.84. The van der Waals surface area contributed by atoms with Crippen LogP contribution in [0.1, 0.15) is 52.8 Å². The Morgan fingerprint density at radius 1 is 1.00 bits per heavy atom. The highest BCUT2D eigenvalue weighted by Gasteiger charge is 2.34. The molecule has 1 saturated heterocycles. The Morgan fingerprint density at radius 2 is 1.64 bits per heavy atom. The SMILES string of the molecule is C=CCCC1=C(N2CCCCC2)C(=O)c2ccccc2C1=O. The van der Waals surface area contributed by atoms with E-state index in [9.17, 15) is 9.59 Å². The monoisotopic (exact) mass is 295 g/mol. The molecule has 0 N–H and O–H groups in total. The fourth-order valence-electron chi connectivity index (χ4n) is 3.34. The summed E-state index contributed by atoms with van der Waals surface area (Å²) in [5.41, 5.74) is 2.42. The van der Waals surface area contributed by atoms with Crippen LogP contribution in [0.3, 0.4) is 0 Å². The number of Topliss-reactive ketones (excluding diaryl/α,β-unsaturated/α-hetero) is 2. The number of allylic oxidation sites excluding steroid dienone is 3. The Kier molecular flexibility index (Phi) is 4.23. The van der Waals surface area contributed by atoms with Crippen molar-refractivity contribution in [2.24, 2.45) is 0 Å². The average Bonchev–Trinajstić information content (AvgIpc) is 2.57. The molecule has 0 saturated carbocycles. The van der Waals surface area contributed by atoms with E-state index in [-0.39, 0.29) is 11.6 Å². The molecule has 0 aromatic heterocycles. The third-order valence-electron chi connectivity index (χ3n) is 4.46. The topological polar surface area (TPSA) is 37.4 Å². The van der Waals surface area contributed by atoms with Crippen LogP contribution in [0.4, 0.5) is 0 Å². The molecule has 1 aromatic carbocycles. The summed E-state index contributed by atoms with van der Waals surface area (Å²) >= 11 is 0. The van der Waals surface area contributed by atoms with E-state index in [0.717, 1.165) is 25.9 Å². The van der Waals surface area contributed by atoms with Crippen molar-refractivity contribution in [1.82, 2.24) is 4.90 Å². The molecule has 0 spiro atoms. The van der Waals surface area contributed by atoms with Crippen LogP contribution in [-0.2, 0) is 0 Å². The largest absolute Gasteiger partial charge is 0.368 e. The molecule has 0 atom stereocenters. The molecule has 1 aromatic rings. The number of ketones is 2. The molecule has 114 valence electrons. The number of nitrogens with zero attached hydrogens (tertiary/aromatic N) is 1. The van der Waals surface area contributed by atoms with E-state index in [2.05, 4.69) is 11.5 Å². The Hall–Kier alpha value is -2.16. The van der Waals surface area contributed by atoms with E-state index in [1.807, 2.05) is 12.1 Å². The van der Waals surface area contributed by atoms with Gasteiger partial charge in [-0.3, -0.25) is 9.59 Å². The molecular weight excluding hydrogens is 274 g/mol. The van der Waals surface area contributed by atoms with Gasteiger partial charge >= 0.3 is 0 Å². The first-order chi connectivity index (χ1) is 10.7. The molecule has 0 bridgehead atoms. The predicted octanol–water partition coefficient (Wildman–Crippen LogP) is 3.77. The van der Waals surface area contributed by atoms with Gasteiger partial charge < -0.3 is 4.90 Å². The number of carbonyl (C=O) groups is 2. The summed E-state index contributed by atoms with van der Waals surface area (Å²) in [5.74, 6) is 0.0220. The first kappa shape index (κ1) is 14.8. The molecule has 1 aliphatic heterocycles. The minimum atomic E-state index is 0.0103. The zero-order valence-electron chi connectivity index (χ0n) is 12.8. The van der Waals surface area contributed by atoms with E-state index in [1.165, 1.54) is 6.42 Å². The number of likely N-dealkylation sites (tertiary alicyclic amines) is 1. The second-order valence-electron chi connectivity index (χ2n) is 5.91. The van der Waals surface area contributed by atoms with Crippen molar-refractivity contribution in [3.63, 3.8) is 0 Å². The second kappa shape index (κ2) is 6.30. The van der Waals surface area contributed by atoms with Gasteiger partial charge in [0.25, 0.3) is 0 Å². The lowest BCUT2D eigenvalue weighted by molar-refractivity contribution is 0.0931. The lowest BCUT2D eigenvalue weighted by Gasteiger charge is -2.34. The maximum atomic E-state index is 13.0. The number of fused-ring (bicyclic) bond motifs is 1. The number of benzene rings is 1. The molecular formula is C19H21NO2. The Bertz CT molecular complexity index is 651. The van der Waals surface area contributed by atoms with Gasteiger partial charge in [-0.25, -0.2) is 0 Å². The Balaban J connectivity index is 2.08. The molecule has 2 aliphatic rings. The number of carbonyl (C=O) groups excluding carboxylic acids is 2. The summed E-state index contributed by atoms with van der Waals surface area (Å²) in [4.78, 5) is 27.9. The minimum absolute atomic E-state index is 0.0103. The van der Waals surface area contributed by atoms with Crippen molar-refractivity contribution in [1.29, 1.82) is 0 Å². The van der Waals surface area contributed by atoms with Gasteiger partial charge in [0, 0.05) is 29.8 Å². The van der Waals surface area contributed by atoms with Gasteiger partial charge in [0.2, 0.25) is 5.78 Å². The maximum Gasteiger partial charge on any atom is 0.210 e. The fourth-order valence-corrected chi connectivity index (χ4v) is 3.34. The van der Waals surface area contributed by atoms with Gasteiger partial charge in [-0.15, -0.1) is 6.58 Å². The molecule has 0 amide bonds. The summed E-state index contributed by atoms with van der Waals surface area (Å²) in [6.07, 6.45) is 6.48. The molecule has 1 fully saturated rings. The van der Waals surface area contributed by atoms with E-state index in [0.29, 0.717) is 35.2 Å². The van der Waals surface area contributed by atoms with Crippen molar-refractivity contribution in [2.75, 3.05) is 13.1 Å². The molecule has 22 heavy (non-hydrogen) atoms. The van der Waals surface area contributed by atoms with Crippen LogP contribution in [0.15, 0.2) is 48.2 Å². The van der Waals surface area contributed by atoms with Gasteiger partial charge in [0.15, 0.2) is 5.78 Å². The highest BCUT2D eigenvalue weighted by Crippen LogP contribution is 2.32. The van der Waals surface area contributed by atoms with E-state index < -0.39 is 0 Å². The predicted molar refractivity (Wildman–Crippen MR) is 87.0 cm³/mol. The van der Waals surface area contributed by atoms with Crippen molar-refractivity contribution in [3.8, 4) is 0 Å². The van der Waals surface area contributed by atoms with E-state index >= 15 is 0 Å². The normalized spacial score (nSPS) is 18.5. The Morgan fingerprint density at radius 3 is 2.27 bits per heavy atom. The smallest absolute Gasteiger partial charge is 0.210 e. The first-order valence-electron chi connectivity index (χ1n) is 8.01. The third kappa shape index (κ3) is 2.52. The lowest BCUT2D eigenvalue weighted by Crippen LogP contribution is -2.37. The third-order valence-corrected chi connectivity index (χ3v) is 4.46. The van der Waals surface area contributed by atoms with Crippen LogP contribution in [0, 0.1) is 0 Å². The van der Waals surface area contributed by atoms with Crippen LogP contribution in [0.5, 0.6) is 0 Å². The van der Waals surface area contributed by atoms with Gasteiger partial charge in [0.05, 0.1) is 5.70 Å². The number of rotatable bonds is 4. The van der Waals surface area contributed by atoms with Crippen molar-refractivity contribution >= 4 is 11.6 Å². The molecule has 3 heteroatoms. The first-order valence-corrected chi connectivity index (χ1v) is 8.01. The number of hydrogen-bond acceptors (Lipinski definition) is 3. The summed E-state index contributed by atoms with van der Waals surface area (Å²) < 4.78 is 0. The summed E-state index contributed by atoms with van der Waals surface area (Å²) in [6.45, 7) is 5.48. The standard InChI is InChI=1S/C19H21NO2/c1-2-3-9-16-17(20-12-7-4-8-13-20)19(22)15-11-6-5-10-14(15)18(16)21/h2,5-6,10-11H,1,3-4,7-9,12-13H2. The van der Waals surface area contributed by atoms with Crippen molar-refractivity contribution < 1.29 is 9.59 Å². The molecule has 3 nitrogen and oxygen atoms in total. The summed E-state index contributed by atoms with van der Waals surface area (Å²) in [5, 5.41) is 0. The van der Waals surface area contributed by atoms with E-state index in [1.54, 1.807) is 18.2 Å². The van der Waals surface area contributed by atoms with Crippen molar-refractivity contribution in [2.45, 2.75) is 32.1 Å². The summed E-state index contributed by atoms with van der Waals surface area (Å²) in [7, 11) is 0. The number of hydrogen-bond donors (Lipinski definition) is 0. The fraction of sp³-hybridized carbons (Fsp3) is 0.368. The van der Waals surface area contributed by atoms with Crippen LogP contribution < -0.4 is 0 Å².